The number of nitrogens with one attached hydrogen (secondary N) is 1. The minimum atomic E-state index is -0.424. The molecule has 0 fully saturated rings. The molecule has 0 spiro atoms. The lowest BCUT2D eigenvalue weighted by Crippen LogP contribution is -2.23. The van der Waals surface area contributed by atoms with Crippen LogP contribution in [0, 0.1) is 6.92 Å². The summed E-state index contributed by atoms with van der Waals surface area (Å²) in [6, 6.07) is 8.85. The first-order valence-corrected chi connectivity index (χ1v) is 8.49. The molecule has 2 amide bonds. The summed E-state index contributed by atoms with van der Waals surface area (Å²) in [4.78, 5) is 33.1. The predicted octanol–water partition coefficient (Wildman–Crippen LogP) is 2.57. The number of aromatic nitrogens is 2. The molecule has 3 N–H and O–H groups in total. The second kappa shape index (κ2) is 7.92. The predicted molar refractivity (Wildman–Crippen MR) is 95.1 cm³/mol. The van der Waals surface area contributed by atoms with Crippen LogP contribution in [0.3, 0.4) is 0 Å². The Bertz CT molecular complexity index is 764. The molecule has 24 heavy (non-hydrogen) atoms. The van der Waals surface area contributed by atoms with Gasteiger partial charge in [-0.15, -0.1) is 11.8 Å². The van der Waals surface area contributed by atoms with Crippen molar-refractivity contribution in [1.82, 2.24) is 9.97 Å². The van der Waals surface area contributed by atoms with E-state index in [1.54, 1.807) is 38.1 Å². The zero-order valence-electron chi connectivity index (χ0n) is 13.9. The Labute approximate surface area is 145 Å². The Morgan fingerprint density at radius 3 is 2.67 bits per heavy atom. The number of primary amides is 1. The second-order valence-corrected chi connectivity index (χ2v) is 6.64. The Balaban J connectivity index is 2.24. The molecule has 1 aromatic heterocycles. The molecule has 2 rings (SSSR count). The van der Waals surface area contributed by atoms with Crippen LogP contribution in [0.15, 0.2) is 35.2 Å². The molecule has 2 aromatic rings. The van der Waals surface area contributed by atoms with Crippen molar-refractivity contribution in [2.24, 2.45) is 5.73 Å². The molecule has 126 valence electrons. The first-order valence-electron chi connectivity index (χ1n) is 7.61. The number of amides is 2. The topological polar surface area (TPSA) is 98.0 Å². The number of nitrogens with two attached hydrogens (primary N) is 1. The van der Waals surface area contributed by atoms with Gasteiger partial charge < -0.3 is 11.1 Å². The molecule has 6 nitrogen and oxygen atoms in total. The fourth-order valence-electron chi connectivity index (χ4n) is 2.06. The fourth-order valence-corrected chi connectivity index (χ4v) is 3.01. The van der Waals surface area contributed by atoms with Crippen molar-refractivity contribution in [3.8, 4) is 0 Å². The van der Waals surface area contributed by atoms with Crippen molar-refractivity contribution in [3.63, 3.8) is 0 Å². The summed E-state index contributed by atoms with van der Waals surface area (Å²) < 4.78 is 0. The largest absolute Gasteiger partial charge is 0.369 e. The highest BCUT2D eigenvalue weighted by molar-refractivity contribution is 8.00. The SMILES string of the molecule is CCc1cc(NC(=O)c2ccccc2S[C@H](C)C(N)=O)nc(C)n1. The smallest absolute Gasteiger partial charge is 0.257 e. The van der Waals surface area contributed by atoms with Gasteiger partial charge in [-0.2, -0.15) is 0 Å². The number of benzene rings is 1. The first kappa shape index (κ1) is 17.9. The van der Waals surface area contributed by atoms with Crippen LogP contribution in [0.4, 0.5) is 5.82 Å². The number of carbonyl (C=O) groups excluding carboxylic acids is 2. The summed E-state index contributed by atoms with van der Waals surface area (Å²) in [6.45, 7) is 5.49. The highest BCUT2D eigenvalue weighted by Crippen LogP contribution is 2.27. The lowest BCUT2D eigenvalue weighted by atomic mass is 10.2. The molecule has 0 unspecified atom stereocenters. The van der Waals surface area contributed by atoms with E-state index in [9.17, 15) is 9.59 Å². The van der Waals surface area contributed by atoms with E-state index in [1.165, 1.54) is 11.8 Å². The zero-order valence-corrected chi connectivity index (χ0v) is 14.7. The molecule has 0 bridgehead atoms. The molecule has 0 aliphatic rings. The Morgan fingerprint density at radius 1 is 1.29 bits per heavy atom. The molecule has 0 saturated heterocycles. The average Bonchev–Trinajstić information content (AvgIpc) is 2.54. The molecule has 0 radical (unpaired) electrons. The van der Waals surface area contributed by atoms with Crippen molar-refractivity contribution in [1.29, 1.82) is 0 Å². The van der Waals surface area contributed by atoms with Gasteiger partial charge in [-0.05, 0) is 32.4 Å². The van der Waals surface area contributed by atoms with Crippen LogP contribution in [0.2, 0.25) is 0 Å². The minimum Gasteiger partial charge on any atom is -0.369 e. The van der Waals surface area contributed by atoms with Crippen LogP contribution in [0.25, 0.3) is 0 Å². The van der Waals surface area contributed by atoms with Crippen LogP contribution >= 0.6 is 11.8 Å². The van der Waals surface area contributed by atoms with Crippen LogP contribution < -0.4 is 11.1 Å². The first-order chi connectivity index (χ1) is 11.4. The van der Waals surface area contributed by atoms with E-state index < -0.39 is 11.2 Å². The van der Waals surface area contributed by atoms with Crippen LogP contribution in [0.1, 0.15) is 35.7 Å². The summed E-state index contributed by atoms with van der Waals surface area (Å²) in [6.07, 6.45) is 0.759. The maximum absolute atomic E-state index is 12.6. The summed E-state index contributed by atoms with van der Waals surface area (Å²) >= 11 is 1.26. The number of anilines is 1. The van der Waals surface area contributed by atoms with E-state index in [1.807, 2.05) is 13.0 Å². The quantitative estimate of drug-likeness (QED) is 0.785. The number of hydrogen-bond acceptors (Lipinski definition) is 5. The van der Waals surface area contributed by atoms with Crippen LogP contribution in [0.5, 0.6) is 0 Å². The van der Waals surface area contributed by atoms with Crippen molar-refractivity contribution < 1.29 is 9.59 Å². The van der Waals surface area contributed by atoms with Gasteiger partial charge in [0.05, 0.1) is 10.8 Å². The monoisotopic (exact) mass is 344 g/mol. The third-order valence-corrected chi connectivity index (χ3v) is 4.53. The molecule has 7 heteroatoms. The van der Waals surface area contributed by atoms with Gasteiger partial charge in [0, 0.05) is 16.7 Å². The number of thioether (sulfide) groups is 1. The standard InChI is InChI=1S/C17H20N4O2S/c1-4-12-9-15(20-11(3)19-12)21-17(23)13-7-5-6-8-14(13)24-10(2)16(18)22/h5-10H,4H2,1-3H3,(H2,18,22)(H,19,20,21,23)/t10-/m1/s1. The van der Waals surface area contributed by atoms with Crippen molar-refractivity contribution >= 4 is 29.4 Å². The molecule has 1 aromatic carbocycles. The summed E-state index contributed by atoms with van der Waals surface area (Å²) in [7, 11) is 0. The molecular weight excluding hydrogens is 324 g/mol. The van der Waals surface area contributed by atoms with E-state index in [4.69, 9.17) is 5.73 Å². The molecular formula is C17H20N4O2S. The maximum Gasteiger partial charge on any atom is 0.257 e. The summed E-state index contributed by atoms with van der Waals surface area (Å²) in [5.41, 5.74) is 6.65. The van der Waals surface area contributed by atoms with Gasteiger partial charge >= 0.3 is 0 Å². The lowest BCUT2D eigenvalue weighted by molar-refractivity contribution is -0.117. The zero-order chi connectivity index (χ0) is 17.7. The summed E-state index contributed by atoms with van der Waals surface area (Å²) in [5.74, 6) is 0.367. The van der Waals surface area contributed by atoms with Crippen LogP contribution in [-0.4, -0.2) is 27.0 Å². The Morgan fingerprint density at radius 2 is 2.00 bits per heavy atom. The highest BCUT2D eigenvalue weighted by Gasteiger charge is 2.17. The Kier molecular flexibility index (Phi) is 5.92. The van der Waals surface area contributed by atoms with E-state index >= 15 is 0 Å². The second-order valence-electron chi connectivity index (χ2n) is 5.26. The molecule has 0 saturated carbocycles. The number of aryl methyl sites for hydroxylation is 2. The molecule has 0 aliphatic carbocycles. The van der Waals surface area contributed by atoms with E-state index in [-0.39, 0.29) is 5.91 Å². The summed E-state index contributed by atoms with van der Waals surface area (Å²) in [5, 5.41) is 2.37. The minimum absolute atomic E-state index is 0.282. The highest BCUT2D eigenvalue weighted by atomic mass is 32.2. The van der Waals surface area contributed by atoms with E-state index in [0.717, 1.165) is 12.1 Å². The number of nitrogens with zero attached hydrogens (tertiary/aromatic N) is 2. The number of carbonyl (C=O) groups is 2. The van der Waals surface area contributed by atoms with Crippen molar-refractivity contribution in [2.75, 3.05) is 5.32 Å². The number of hydrogen-bond donors (Lipinski definition) is 2. The third kappa shape index (κ3) is 4.55. The van der Waals surface area contributed by atoms with Crippen molar-refractivity contribution in [3.05, 3.63) is 47.4 Å². The Hall–Kier alpha value is -2.41. The van der Waals surface area contributed by atoms with Gasteiger partial charge in [0.1, 0.15) is 11.6 Å². The molecule has 0 aliphatic heterocycles. The van der Waals surface area contributed by atoms with Gasteiger partial charge in [0.25, 0.3) is 5.91 Å². The van der Waals surface area contributed by atoms with Crippen molar-refractivity contribution in [2.45, 2.75) is 37.3 Å². The van der Waals surface area contributed by atoms with Gasteiger partial charge in [-0.1, -0.05) is 19.1 Å². The normalized spacial score (nSPS) is 11.8. The molecule has 1 atom stereocenters. The lowest BCUT2D eigenvalue weighted by Gasteiger charge is -2.12. The van der Waals surface area contributed by atoms with Gasteiger partial charge in [-0.3, -0.25) is 9.59 Å². The third-order valence-electron chi connectivity index (χ3n) is 3.33. The van der Waals surface area contributed by atoms with Gasteiger partial charge in [0.2, 0.25) is 5.91 Å². The van der Waals surface area contributed by atoms with E-state index in [0.29, 0.717) is 22.1 Å². The van der Waals surface area contributed by atoms with Gasteiger partial charge in [-0.25, -0.2) is 9.97 Å². The molecule has 1 heterocycles. The fraction of sp³-hybridized carbons (Fsp3) is 0.294. The number of rotatable bonds is 6. The van der Waals surface area contributed by atoms with Crippen LogP contribution in [-0.2, 0) is 11.2 Å². The van der Waals surface area contributed by atoms with Gasteiger partial charge in [0.15, 0.2) is 0 Å². The van der Waals surface area contributed by atoms with E-state index in [2.05, 4.69) is 15.3 Å². The average molecular weight is 344 g/mol. The maximum atomic E-state index is 12.6.